The van der Waals surface area contributed by atoms with E-state index >= 15 is 0 Å². The van der Waals surface area contributed by atoms with E-state index in [1.807, 2.05) is 22.6 Å². The Labute approximate surface area is 89.1 Å². The highest BCUT2D eigenvalue weighted by molar-refractivity contribution is 5.47. The summed E-state index contributed by atoms with van der Waals surface area (Å²) in [5.41, 5.74) is 6.90. The van der Waals surface area contributed by atoms with Crippen molar-refractivity contribution in [1.29, 1.82) is 0 Å². The molecule has 0 fully saturated rings. The standard InChI is InChI=1S/C11H16N4/c1-11(2,3)7-10-14-13-9-6-4-5-8(12)15(9)10/h4-6H,7,12H2,1-3H3. The van der Waals surface area contributed by atoms with Crippen molar-refractivity contribution >= 4 is 11.5 Å². The first kappa shape index (κ1) is 9.96. The third kappa shape index (κ3) is 1.93. The van der Waals surface area contributed by atoms with Crippen LogP contribution in [0.3, 0.4) is 0 Å². The fraction of sp³-hybridized carbons (Fsp3) is 0.455. The number of fused-ring (bicyclic) bond motifs is 1. The highest BCUT2D eigenvalue weighted by atomic mass is 15.3. The molecule has 2 aromatic rings. The van der Waals surface area contributed by atoms with Crippen LogP contribution >= 0.6 is 0 Å². The van der Waals surface area contributed by atoms with E-state index < -0.39 is 0 Å². The predicted molar refractivity (Wildman–Crippen MR) is 60.6 cm³/mol. The van der Waals surface area contributed by atoms with E-state index in [0.29, 0.717) is 5.82 Å². The van der Waals surface area contributed by atoms with Gasteiger partial charge in [0.2, 0.25) is 0 Å². The van der Waals surface area contributed by atoms with Gasteiger partial charge in [0.1, 0.15) is 11.6 Å². The monoisotopic (exact) mass is 204 g/mol. The van der Waals surface area contributed by atoms with Gasteiger partial charge in [-0.2, -0.15) is 0 Å². The molecule has 0 unspecified atom stereocenters. The summed E-state index contributed by atoms with van der Waals surface area (Å²) in [6.45, 7) is 6.52. The molecule has 0 saturated heterocycles. The average molecular weight is 204 g/mol. The lowest BCUT2D eigenvalue weighted by Gasteiger charge is -2.16. The largest absolute Gasteiger partial charge is 0.385 e. The molecule has 2 rings (SSSR count). The number of pyridine rings is 1. The third-order valence-electron chi connectivity index (χ3n) is 2.21. The fourth-order valence-corrected chi connectivity index (χ4v) is 1.62. The fourth-order valence-electron chi connectivity index (χ4n) is 1.62. The Morgan fingerprint density at radius 3 is 2.67 bits per heavy atom. The Bertz CT molecular complexity index is 479. The summed E-state index contributed by atoms with van der Waals surface area (Å²) >= 11 is 0. The van der Waals surface area contributed by atoms with Gasteiger partial charge >= 0.3 is 0 Å². The van der Waals surface area contributed by atoms with Crippen molar-refractivity contribution in [3.63, 3.8) is 0 Å². The van der Waals surface area contributed by atoms with E-state index in [2.05, 4.69) is 31.0 Å². The summed E-state index contributed by atoms with van der Waals surface area (Å²) in [5, 5.41) is 8.27. The first-order chi connectivity index (χ1) is 6.97. The van der Waals surface area contributed by atoms with Crippen LogP contribution in [0.25, 0.3) is 5.65 Å². The van der Waals surface area contributed by atoms with Gasteiger partial charge in [0.25, 0.3) is 0 Å². The third-order valence-corrected chi connectivity index (χ3v) is 2.21. The van der Waals surface area contributed by atoms with Gasteiger partial charge < -0.3 is 5.73 Å². The number of nitrogens with two attached hydrogens (primary N) is 1. The molecule has 2 N–H and O–H groups in total. The summed E-state index contributed by atoms with van der Waals surface area (Å²) in [5.74, 6) is 1.62. The number of anilines is 1. The second-order valence-corrected chi connectivity index (χ2v) is 5.00. The van der Waals surface area contributed by atoms with Crippen molar-refractivity contribution < 1.29 is 0 Å². The molecule has 0 bridgehead atoms. The first-order valence-electron chi connectivity index (χ1n) is 5.06. The molecule has 0 aliphatic rings. The van der Waals surface area contributed by atoms with Crippen LogP contribution in [0.4, 0.5) is 5.82 Å². The number of rotatable bonds is 1. The topological polar surface area (TPSA) is 56.2 Å². The number of nitrogens with zero attached hydrogens (tertiary/aromatic N) is 3. The van der Waals surface area contributed by atoms with E-state index in [4.69, 9.17) is 5.73 Å². The number of hydrogen-bond donors (Lipinski definition) is 1. The average Bonchev–Trinajstić information content (AvgIpc) is 2.47. The molecule has 0 atom stereocenters. The van der Waals surface area contributed by atoms with E-state index in [0.717, 1.165) is 17.9 Å². The van der Waals surface area contributed by atoms with Crippen LogP contribution in [-0.2, 0) is 6.42 Å². The molecule has 0 aliphatic carbocycles. The summed E-state index contributed by atoms with van der Waals surface area (Å²) in [4.78, 5) is 0. The van der Waals surface area contributed by atoms with Crippen LogP contribution in [-0.4, -0.2) is 14.6 Å². The van der Waals surface area contributed by atoms with Gasteiger partial charge in [-0.05, 0) is 17.5 Å². The maximum absolute atomic E-state index is 5.90. The van der Waals surface area contributed by atoms with E-state index in [1.54, 1.807) is 0 Å². The first-order valence-corrected chi connectivity index (χ1v) is 5.06. The molecule has 80 valence electrons. The van der Waals surface area contributed by atoms with Crippen LogP contribution in [0.15, 0.2) is 18.2 Å². The molecule has 15 heavy (non-hydrogen) atoms. The van der Waals surface area contributed by atoms with E-state index in [-0.39, 0.29) is 5.41 Å². The zero-order valence-corrected chi connectivity index (χ0v) is 9.36. The Hall–Kier alpha value is -1.58. The normalized spacial score (nSPS) is 12.2. The second kappa shape index (κ2) is 3.22. The van der Waals surface area contributed by atoms with Crippen molar-refractivity contribution in [2.75, 3.05) is 5.73 Å². The highest BCUT2D eigenvalue weighted by Gasteiger charge is 2.16. The maximum atomic E-state index is 5.90. The molecule has 2 aromatic heterocycles. The predicted octanol–water partition coefficient (Wildman–Crippen LogP) is 1.90. The molecule has 4 nitrogen and oxygen atoms in total. The Morgan fingerprint density at radius 2 is 2.00 bits per heavy atom. The minimum absolute atomic E-state index is 0.186. The van der Waals surface area contributed by atoms with Crippen LogP contribution < -0.4 is 5.73 Å². The minimum atomic E-state index is 0.186. The lowest BCUT2D eigenvalue weighted by molar-refractivity contribution is 0.399. The summed E-state index contributed by atoms with van der Waals surface area (Å²) in [6.07, 6.45) is 0.863. The number of aromatic nitrogens is 3. The van der Waals surface area contributed by atoms with Gasteiger partial charge in [-0.3, -0.25) is 4.40 Å². The Balaban J connectivity index is 2.53. The zero-order chi connectivity index (χ0) is 11.1. The van der Waals surface area contributed by atoms with Crippen molar-refractivity contribution in [1.82, 2.24) is 14.6 Å². The summed E-state index contributed by atoms with van der Waals surface area (Å²) in [7, 11) is 0. The lowest BCUT2D eigenvalue weighted by Crippen LogP contribution is -2.13. The van der Waals surface area contributed by atoms with Crippen LogP contribution in [0.5, 0.6) is 0 Å². The van der Waals surface area contributed by atoms with Gasteiger partial charge in [0.05, 0.1) is 0 Å². The van der Waals surface area contributed by atoms with Gasteiger partial charge in [0, 0.05) is 6.42 Å². The van der Waals surface area contributed by atoms with Gasteiger partial charge in [-0.1, -0.05) is 26.8 Å². The SMILES string of the molecule is CC(C)(C)Cc1nnc2cccc(N)n12. The molecule has 0 radical (unpaired) electrons. The van der Waals surface area contributed by atoms with Crippen LogP contribution in [0.2, 0.25) is 0 Å². The van der Waals surface area contributed by atoms with E-state index in [9.17, 15) is 0 Å². The zero-order valence-electron chi connectivity index (χ0n) is 9.36. The summed E-state index contributed by atoms with van der Waals surface area (Å²) < 4.78 is 1.91. The molecular formula is C11H16N4. The van der Waals surface area contributed by atoms with Crippen molar-refractivity contribution in [3.8, 4) is 0 Å². The van der Waals surface area contributed by atoms with E-state index in [1.165, 1.54) is 0 Å². The molecule has 0 amide bonds. The van der Waals surface area contributed by atoms with Gasteiger partial charge in [-0.25, -0.2) is 0 Å². The number of nitrogen functional groups attached to an aromatic ring is 1. The van der Waals surface area contributed by atoms with Crippen molar-refractivity contribution in [2.24, 2.45) is 5.41 Å². The summed E-state index contributed by atoms with van der Waals surface area (Å²) in [6, 6.07) is 5.66. The van der Waals surface area contributed by atoms with Crippen LogP contribution in [0, 0.1) is 5.41 Å². The molecule has 0 spiro atoms. The van der Waals surface area contributed by atoms with Gasteiger partial charge in [0.15, 0.2) is 5.65 Å². The molecule has 0 saturated carbocycles. The lowest BCUT2D eigenvalue weighted by atomic mass is 9.92. The van der Waals surface area contributed by atoms with Crippen LogP contribution in [0.1, 0.15) is 26.6 Å². The van der Waals surface area contributed by atoms with Crippen molar-refractivity contribution in [2.45, 2.75) is 27.2 Å². The van der Waals surface area contributed by atoms with Crippen molar-refractivity contribution in [3.05, 3.63) is 24.0 Å². The maximum Gasteiger partial charge on any atom is 0.162 e. The highest BCUT2D eigenvalue weighted by Crippen LogP contribution is 2.21. The Morgan fingerprint density at radius 1 is 1.27 bits per heavy atom. The molecular weight excluding hydrogens is 188 g/mol. The molecule has 2 heterocycles. The smallest absolute Gasteiger partial charge is 0.162 e. The molecule has 0 aromatic carbocycles. The van der Waals surface area contributed by atoms with Gasteiger partial charge in [-0.15, -0.1) is 10.2 Å². The minimum Gasteiger partial charge on any atom is -0.385 e. The number of hydrogen-bond acceptors (Lipinski definition) is 3. The second-order valence-electron chi connectivity index (χ2n) is 5.00. The molecule has 0 aliphatic heterocycles. The Kier molecular flexibility index (Phi) is 2.14. The molecule has 4 heteroatoms. The quantitative estimate of drug-likeness (QED) is 0.771.